The Bertz CT molecular complexity index is 1190. The van der Waals surface area contributed by atoms with Crippen LogP contribution in [0.15, 0.2) is 53.4 Å². The molecule has 2 aromatic carbocycles. The summed E-state index contributed by atoms with van der Waals surface area (Å²) < 4.78 is 66.1. The van der Waals surface area contributed by atoms with Gasteiger partial charge in [-0.15, -0.1) is 0 Å². The quantitative estimate of drug-likeness (QED) is 0.567. The third-order valence-electron chi connectivity index (χ3n) is 6.19. The van der Waals surface area contributed by atoms with Gasteiger partial charge in [-0.3, -0.25) is 9.59 Å². The van der Waals surface area contributed by atoms with Gasteiger partial charge < -0.3 is 10.6 Å². The zero-order chi connectivity index (χ0) is 26.7. The Balaban J connectivity index is 1.61. The number of rotatable bonds is 7. The number of carbonyl (C=O) groups excluding carboxylic acids is 2. The number of hydrogen-bond acceptors (Lipinski definition) is 4. The van der Waals surface area contributed by atoms with Crippen LogP contribution in [0.4, 0.5) is 18.9 Å². The van der Waals surface area contributed by atoms with Crippen molar-refractivity contribution in [2.75, 3.05) is 18.4 Å². The van der Waals surface area contributed by atoms with Gasteiger partial charge in [-0.05, 0) is 56.0 Å². The summed E-state index contributed by atoms with van der Waals surface area (Å²) in [7, 11) is -3.67. The Labute approximate surface area is 209 Å². The highest BCUT2D eigenvalue weighted by molar-refractivity contribution is 7.89. The summed E-state index contributed by atoms with van der Waals surface area (Å²) in [6.07, 6.45) is -3.97. The van der Waals surface area contributed by atoms with Crippen molar-refractivity contribution in [2.45, 2.75) is 50.7 Å². The van der Waals surface area contributed by atoms with Crippen LogP contribution in [-0.4, -0.2) is 43.7 Å². The van der Waals surface area contributed by atoms with Gasteiger partial charge in [-0.1, -0.05) is 37.6 Å². The zero-order valence-electron chi connectivity index (χ0n) is 20.3. The van der Waals surface area contributed by atoms with E-state index in [2.05, 4.69) is 10.6 Å². The van der Waals surface area contributed by atoms with E-state index >= 15 is 0 Å². The largest absolute Gasteiger partial charge is 0.416 e. The smallest absolute Gasteiger partial charge is 0.344 e. The number of piperidine rings is 1. The van der Waals surface area contributed by atoms with Gasteiger partial charge in [-0.25, -0.2) is 8.42 Å². The maximum absolute atomic E-state index is 13.0. The first-order valence-electron chi connectivity index (χ1n) is 11.6. The lowest BCUT2D eigenvalue weighted by atomic mass is 9.95. The number of nitrogens with one attached hydrogen (secondary N) is 2. The van der Waals surface area contributed by atoms with Gasteiger partial charge >= 0.3 is 6.18 Å². The number of alkyl halides is 3. The third kappa shape index (κ3) is 6.64. The molecule has 3 rings (SSSR count). The molecule has 36 heavy (non-hydrogen) atoms. The Morgan fingerprint density at radius 1 is 1.03 bits per heavy atom. The summed E-state index contributed by atoms with van der Waals surface area (Å²) in [6.45, 7) is 5.62. The van der Waals surface area contributed by atoms with E-state index in [0.717, 1.165) is 17.7 Å². The molecule has 0 spiro atoms. The van der Waals surface area contributed by atoms with Crippen molar-refractivity contribution in [3.63, 3.8) is 0 Å². The third-order valence-corrected chi connectivity index (χ3v) is 8.10. The van der Waals surface area contributed by atoms with Gasteiger partial charge in [0.2, 0.25) is 21.8 Å². The Morgan fingerprint density at radius 3 is 2.19 bits per heavy atom. The Morgan fingerprint density at radius 2 is 1.64 bits per heavy atom. The van der Waals surface area contributed by atoms with E-state index in [1.54, 1.807) is 38.1 Å². The molecule has 2 aromatic rings. The van der Waals surface area contributed by atoms with Gasteiger partial charge in [0, 0.05) is 24.7 Å². The maximum Gasteiger partial charge on any atom is 0.416 e. The molecule has 0 aliphatic carbocycles. The molecule has 7 nitrogen and oxygen atoms in total. The standard InChI is InChI=1S/C25H30F3N3O4S/c1-16(2)22(24(33)29-20-6-4-5-19(15-20)25(26,27)28)30-23(32)18-11-13-31(14-12-18)36(34,35)21-9-7-17(3)8-10-21/h4-10,15-16,18,22H,11-14H2,1-3H3,(H,29,33)(H,30,32)/t22-/m1/s1. The fourth-order valence-corrected chi connectivity index (χ4v) is 5.49. The van der Waals surface area contributed by atoms with E-state index in [1.165, 1.54) is 16.4 Å². The fraction of sp³-hybridized carbons (Fsp3) is 0.440. The Kier molecular flexibility index (Phi) is 8.45. The van der Waals surface area contributed by atoms with Crippen LogP contribution in [0.25, 0.3) is 0 Å². The van der Waals surface area contributed by atoms with Gasteiger partial charge in [0.1, 0.15) is 6.04 Å². The molecule has 2 amide bonds. The number of anilines is 1. The summed E-state index contributed by atoms with van der Waals surface area (Å²) in [6, 6.07) is 9.87. The molecule has 1 heterocycles. The second kappa shape index (κ2) is 11.0. The number of halogens is 3. The average molecular weight is 526 g/mol. The minimum absolute atomic E-state index is 0.0238. The summed E-state index contributed by atoms with van der Waals surface area (Å²) in [5.41, 5.74) is 0.0308. The predicted molar refractivity (Wildman–Crippen MR) is 130 cm³/mol. The fourth-order valence-electron chi connectivity index (χ4n) is 4.02. The van der Waals surface area contributed by atoms with Crippen LogP contribution < -0.4 is 10.6 Å². The van der Waals surface area contributed by atoms with Crippen molar-refractivity contribution in [2.24, 2.45) is 11.8 Å². The van der Waals surface area contributed by atoms with Crippen molar-refractivity contribution in [3.8, 4) is 0 Å². The average Bonchev–Trinajstić information content (AvgIpc) is 2.82. The molecule has 0 saturated carbocycles. The van der Waals surface area contributed by atoms with Gasteiger partial charge in [0.25, 0.3) is 0 Å². The second-order valence-corrected chi connectivity index (χ2v) is 11.2. The van der Waals surface area contributed by atoms with Crippen molar-refractivity contribution >= 4 is 27.5 Å². The minimum atomic E-state index is -4.55. The Hall–Kier alpha value is -2.92. The molecule has 11 heteroatoms. The van der Waals surface area contributed by atoms with Crippen LogP contribution in [0.1, 0.15) is 37.8 Å². The molecule has 1 fully saturated rings. The monoisotopic (exact) mass is 525 g/mol. The first kappa shape index (κ1) is 27.7. The van der Waals surface area contributed by atoms with Gasteiger partial charge in [0.05, 0.1) is 10.5 Å². The highest BCUT2D eigenvalue weighted by atomic mass is 32.2. The second-order valence-electron chi connectivity index (χ2n) is 9.29. The SMILES string of the molecule is Cc1ccc(S(=O)(=O)N2CCC(C(=O)N[C@@H](C(=O)Nc3cccc(C(F)(F)F)c3)C(C)C)CC2)cc1. The predicted octanol–water partition coefficient (Wildman–Crippen LogP) is 4.19. The molecule has 0 bridgehead atoms. The molecule has 196 valence electrons. The molecule has 0 aromatic heterocycles. The van der Waals surface area contributed by atoms with Crippen LogP contribution in [0.5, 0.6) is 0 Å². The van der Waals surface area contributed by atoms with E-state index in [9.17, 15) is 31.2 Å². The lowest BCUT2D eigenvalue weighted by molar-refractivity contribution is -0.137. The first-order chi connectivity index (χ1) is 16.8. The van der Waals surface area contributed by atoms with Crippen LogP contribution in [0.2, 0.25) is 0 Å². The number of hydrogen-bond donors (Lipinski definition) is 2. The summed E-state index contributed by atoms with van der Waals surface area (Å²) in [5, 5.41) is 5.15. The van der Waals surface area contributed by atoms with Crippen molar-refractivity contribution in [1.82, 2.24) is 9.62 Å². The molecule has 2 N–H and O–H groups in total. The molecule has 1 aliphatic heterocycles. The lowest BCUT2D eigenvalue weighted by Gasteiger charge is -2.32. The van der Waals surface area contributed by atoms with E-state index in [-0.39, 0.29) is 48.3 Å². The molecule has 0 unspecified atom stereocenters. The molecule has 1 atom stereocenters. The van der Waals surface area contributed by atoms with Gasteiger partial charge in [0.15, 0.2) is 0 Å². The number of aryl methyl sites for hydroxylation is 1. The number of amides is 2. The topological polar surface area (TPSA) is 95.6 Å². The summed E-state index contributed by atoms with van der Waals surface area (Å²) >= 11 is 0. The zero-order valence-corrected chi connectivity index (χ0v) is 21.1. The van der Waals surface area contributed by atoms with E-state index in [4.69, 9.17) is 0 Å². The highest BCUT2D eigenvalue weighted by Gasteiger charge is 2.35. The molecule has 1 aliphatic rings. The minimum Gasteiger partial charge on any atom is -0.344 e. The number of benzene rings is 2. The molecule has 0 radical (unpaired) electrons. The maximum atomic E-state index is 13.0. The summed E-state index contributed by atoms with van der Waals surface area (Å²) in [4.78, 5) is 25.9. The highest BCUT2D eigenvalue weighted by Crippen LogP contribution is 2.31. The van der Waals surface area contributed by atoms with E-state index < -0.39 is 39.6 Å². The van der Waals surface area contributed by atoms with E-state index in [0.29, 0.717) is 0 Å². The van der Waals surface area contributed by atoms with Crippen molar-refractivity contribution in [1.29, 1.82) is 0 Å². The first-order valence-corrected chi connectivity index (χ1v) is 13.1. The lowest BCUT2D eigenvalue weighted by Crippen LogP contribution is -2.50. The van der Waals surface area contributed by atoms with E-state index in [1.807, 2.05) is 6.92 Å². The van der Waals surface area contributed by atoms with Gasteiger partial charge in [-0.2, -0.15) is 17.5 Å². The van der Waals surface area contributed by atoms with Crippen LogP contribution >= 0.6 is 0 Å². The van der Waals surface area contributed by atoms with Crippen LogP contribution in [0, 0.1) is 18.8 Å². The molecular formula is C25H30F3N3O4S. The summed E-state index contributed by atoms with van der Waals surface area (Å²) in [5.74, 6) is -1.84. The number of nitrogens with zero attached hydrogens (tertiary/aromatic N) is 1. The van der Waals surface area contributed by atoms with Crippen molar-refractivity contribution < 1.29 is 31.2 Å². The molecule has 1 saturated heterocycles. The number of carbonyl (C=O) groups is 2. The molecular weight excluding hydrogens is 495 g/mol. The van der Waals surface area contributed by atoms with Crippen LogP contribution in [0.3, 0.4) is 0 Å². The number of sulfonamides is 1. The van der Waals surface area contributed by atoms with Crippen LogP contribution in [-0.2, 0) is 25.8 Å². The van der Waals surface area contributed by atoms with Crippen molar-refractivity contribution in [3.05, 3.63) is 59.7 Å². The normalized spacial score (nSPS) is 16.5.